The van der Waals surface area contributed by atoms with Gasteiger partial charge in [0.05, 0.1) is 0 Å². The SMILES string of the molecule is c1ccc(N(c2ccccc2)c2ccc3cc4oc5ccccc5c4cc3c2)cc1. The number of nitrogens with zero attached hydrogens (tertiary/aromatic N) is 1. The van der Waals surface area contributed by atoms with Gasteiger partial charge in [-0.2, -0.15) is 0 Å². The van der Waals surface area contributed by atoms with E-state index in [9.17, 15) is 0 Å². The fraction of sp³-hybridized carbons (Fsp3) is 0. The molecule has 0 saturated carbocycles. The van der Waals surface area contributed by atoms with Gasteiger partial charge in [0.2, 0.25) is 0 Å². The van der Waals surface area contributed by atoms with Crippen LogP contribution < -0.4 is 4.90 Å². The Morgan fingerprint density at radius 3 is 1.83 bits per heavy atom. The first-order valence-electron chi connectivity index (χ1n) is 10.1. The number of hydrogen-bond acceptors (Lipinski definition) is 2. The number of hydrogen-bond donors (Lipinski definition) is 0. The molecule has 1 aromatic heterocycles. The minimum atomic E-state index is 0.929. The van der Waals surface area contributed by atoms with Gasteiger partial charge in [0.15, 0.2) is 0 Å². The second-order valence-electron chi connectivity index (χ2n) is 7.48. The van der Waals surface area contributed by atoms with Crippen molar-refractivity contribution in [2.75, 3.05) is 4.90 Å². The summed E-state index contributed by atoms with van der Waals surface area (Å²) < 4.78 is 6.07. The minimum Gasteiger partial charge on any atom is -0.456 e. The molecule has 6 rings (SSSR count). The summed E-state index contributed by atoms with van der Waals surface area (Å²) in [5.41, 5.74) is 5.26. The van der Waals surface area contributed by atoms with Crippen LogP contribution in [0.15, 0.2) is 120 Å². The second-order valence-corrected chi connectivity index (χ2v) is 7.48. The maximum atomic E-state index is 6.07. The molecule has 2 heteroatoms. The van der Waals surface area contributed by atoms with Crippen LogP contribution in [0.1, 0.15) is 0 Å². The average Bonchev–Trinajstić information content (AvgIpc) is 3.16. The van der Waals surface area contributed by atoms with Crippen molar-refractivity contribution in [3.05, 3.63) is 115 Å². The number of rotatable bonds is 3. The van der Waals surface area contributed by atoms with Crippen molar-refractivity contribution in [1.82, 2.24) is 0 Å². The Bertz CT molecular complexity index is 1440. The predicted molar refractivity (Wildman–Crippen MR) is 126 cm³/mol. The Morgan fingerprint density at radius 1 is 0.433 bits per heavy atom. The number of furan rings is 1. The van der Waals surface area contributed by atoms with Gasteiger partial charge in [-0.05, 0) is 65.4 Å². The van der Waals surface area contributed by atoms with E-state index in [0.29, 0.717) is 0 Å². The second kappa shape index (κ2) is 6.78. The van der Waals surface area contributed by atoms with Crippen molar-refractivity contribution >= 4 is 49.8 Å². The van der Waals surface area contributed by atoms with Crippen LogP contribution in [-0.4, -0.2) is 0 Å². The van der Waals surface area contributed by atoms with Crippen molar-refractivity contribution in [2.24, 2.45) is 0 Å². The Hall–Kier alpha value is -4.04. The van der Waals surface area contributed by atoms with Gasteiger partial charge in [-0.15, -0.1) is 0 Å². The van der Waals surface area contributed by atoms with Crippen molar-refractivity contribution in [3.63, 3.8) is 0 Å². The Kier molecular flexibility index (Phi) is 3.82. The molecular weight excluding hydrogens is 366 g/mol. The quantitative estimate of drug-likeness (QED) is 0.305. The van der Waals surface area contributed by atoms with Crippen LogP contribution in [0.4, 0.5) is 17.1 Å². The average molecular weight is 385 g/mol. The fourth-order valence-corrected chi connectivity index (χ4v) is 4.20. The summed E-state index contributed by atoms with van der Waals surface area (Å²) in [6.45, 7) is 0. The number of benzene rings is 5. The minimum absolute atomic E-state index is 0.929. The first-order valence-corrected chi connectivity index (χ1v) is 10.1. The Labute approximate surface area is 174 Å². The predicted octanol–water partition coefficient (Wildman–Crippen LogP) is 8.21. The topological polar surface area (TPSA) is 16.4 Å². The zero-order chi connectivity index (χ0) is 19.9. The van der Waals surface area contributed by atoms with Crippen molar-refractivity contribution in [1.29, 1.82) is 0 Å². The van der Waals surface area contributed by atoms with E-state index in [0.717, 1.165) is 39.0 Å². The molecule has 0 spiro atoms. The highest BCUT2D eigenvalue weighted by atomic mass is 16.3. The monoisotopic (exact) mass is 385 g/mol. The molecule has 0 aliphatic rings. The molecule has 2 nitrogen and oxygen atoms in total. The van der Waals surface area contributed by atoms with E-state index in [4.69, 9.17) is 4.42 Å². The van der Waals surface area contributed by atoms with Crippen LogP contribution in [0.2, 0.25) is 0 Å². The molecule has 0 bridgehead atoms. The highest BCUT2D eigenvalue weighted by molar-refractivity contribution is 6.10. The van der Waals surface area contributed by atoms with Crippen LogP contribution in [0.3, 0.4) is 0 Å². The van der Waals surface area contributed by atoms with E-state index >= 15 is 0 Å². The van der Waals surface area contributed by atoms with Gasteiger partial charge in [-0.25, -0.2) is 0 Å². The summed E-state index contributed by atoms with van der Waals surface area (Å²) in [6.07, 6.45) is 0. The van der Waals surface area contributed by atoms with E-state index in [-0.39, 0.29) is 0 Å². The first kappa shape index (κ1) is 16.9. The Morgan fingerprint density at radius 2 is 1.10 bits per heavy atom. The van der Waals surface area contributed by atoms with Crippen LogP contribution in [0, 0.1) is 0 Å². The number of fused-ring (bicyclic) bond motifs is 4. The maximum Gasteiger partial charge on any atom is 0.136 e. The van der Waals surface area contributed by atoms with Gasteiger partial charge >= 0.3 is 0 Å². The lowest BCUT2D eigenvalue weighted by Gasteiger charge is -2.25. The van der Waals surface area contributed by atoms with E-state index < -0.39 is 0 Å². The van der Waals surface area contributed by atoms with Crippen LogP contribution in [0.25, 0.3) is 32.7 Å². The summed E-state index contributed by atoms with van der Waals surface area (Å²) in [4.78, 5) is 2.29. The van der Waals surface area contributed by atoms with Crippen molar-refractivity contribution in [3.8, 4) is 0 Å². The molecule has 0 aliphatic carbocycles. The molecule has 30 heavy (non-hydrogen) atoms. The number of anilines is 3. The van der Waals surface area contributed by atoms with Crippen LogP contribution in [-0.2, 0) is 0 Å². The highest BCUT2D eigenvalue weighted by Crippen LogP contribution is 2.38. The van der Waals surface area contributed by atoms with E-state index in [2.05, 4.69) is 95.9 Å². The Balaban J connectivity index is 1.58. The zero-order valence-corrected chi connectivity index (χ0v) is 16.3. The molecule has 0 fully saturated rings. The molecule has 0 unspecified atom stereocenters. The first-order chi connectivity index (χ1) is 14.9. The molecule has 1 heterocycles. The molecule has 0 saturated heterocycles. The van der Waals surface area contributed by atoms with Crippen LogP contribution >= 0.6 is 0 Å². The van der Waals surface area contributed by atoms with Crippen LogP contribution in [0.5, 0.6) is 0 Å². The molecule has 142 valence electrons. The summed E-state index contributed by atoms with van der Waals surface area (Å²) >= 11 is 0. The molecule has 0 aliphatic heterocycles. The fourth-order valence-electron chi connectivity index (χ4n) is 4.20. The number of para-hydroxylation sites is 3. The third-order valence-corrected chi connectivity index (χ3v) is 5.61. The van der Waals surface area contributed by atoms with E-state index in [1.807, 2.05) is 24.3 Å². The molecule has 0 atom stereocenters. The standard InChI is InChI=1S/C28H19NO/c1-3-9-22(10-4-1)29(23-11-5-2-6-12-23)24-16-15-20-19-28-26(18-21(20)17-24)25-13-7-8-14-27(25)30-28/h1-19H. The molecule has 0 radical (unpaired) electrons. The van der Waals surface area contributed by atoms with Gasteiger partial charge in [0.1, 0.15) is 11.2 Å². The van der Waals surface area contributed by atoms with Crippen molar-refractivity contribution in [2.45, 2.75) is 0 Å². The third-order valence-electron chi connectivity index (χ3n) is 5.61. The molecular formula is C28H19NO. The van der Waals surface area contributed by atoms with Gasteiger partial charge < -0.3 is 9.32 Å². The van der Waals surface area contributed by atoms with Gasteiger partial charge in [-0.1, -0.05) is 60.7 Å². The summed E-state index contributed by atoms with van der Waals surface area (Å²) in [7, 11) is 0. The highest BCUT2D eigenvalue weighted by Gasteiger charge is 2.13. The van der Waals surface area contributed by atoms with Gasteiger partial charge in [-0.3, -0.25) is 0 Å². The largest absolute Gasteiger partial charge is 0.456 e. The molecule has 6 aromatic rings. The van der Waals surface area contributed by atoms with Gasteiger partial charge in [0.25, 0.3) is 0 Å². The maximum absolute atomic E-state index is 6.07. The van der Waals surface area contributed by atoms with Gasteiger partial charge in [0, 0.05) is 27.8 Å². The van der Waals surface area contributed by atoms with E-state index in [1.54, 1.807) is 0 Å². The lowest BCUT2D eigenvalue weighted by atomic mass is 10.0. The molecule has 0 N–H and O–H groups in total. The summed E-state index contributed by atoms with van der Waals surface area (Å²) in [6, 6.07) is 40.2. The lowest BCUT2D eigenvalue weighted by molar-refractivity contribution is 0.669. The van der Waals surface area contributed by atoms with Crippen molar-refractivity contribution < 1.29 is 4.42 Å². The zero-order valence-electron chi connectivity index (χ0n) is 16.3. The smallest absolute Gasteiger partial charge is 0.136 e. The normalized spacial score (nSPS) is 11.3. The summed E-state index contributed by atoms with van der Waals surface area (Å²) in [5, 5.41) is 4.68. The third kappa shape index (κ3) is 2.73. The summed E-state index contributed by atoms with van der Waals surface area (Å²) in [5.74, 6) is 0. The molecule has 0 amide bonds. The lowest BCUT2D eigenvalue weighted by Crippen LogP contribution is -2.09. The molecule has 5 aromatic carbocycles. The van der Waals surface area contributed by atoms with E-state index in [1.165, 1.54) is 10.8 Å².